The van der Waals surface area contributed by atoms with E-state index in [1.807, 2.05) is 25.1 Å². The Labute approximate surface area is 153 Å². The van der Waals surface area contributed by atoms with Gasteiger partial charge in [0.1, 0.15) is 10.8 Å². The van der Waals surface area contributed by atoms with Gasteiger partial charge in [-0.3, -0.25) is 4.79 Å². The van der Waals surface area contributed by atoms with Crippen molar-refractivity contribution in [2.45, 2.75) is 24.1 Å². The van der Waals surface area contributed by atoms with Crippen LogP contribution in [0.1, 0.15) is 12.5 Å². The number of nitrogens with zero attached hydrogens (tertiary/aromatic N) is 2. The molecule has 3 aromatic rings. The van der Waals surface area contributed by atoms with E-state index in [0.29, 0.717) is 0 Å². The van der Waals surface area contributed by atoms with Gasteiger partial charge in [0.15, 0.2) is 0 Å². The largest absolute Gasteiger partial charge is 0.468 e. The first-order chi connectivity index (χ1) is 11.9. The van der Waals surface area contributed by atoms with Gasteiger partial charge in [-0.1, -0.05) is 30.4 Å². The number of thiophene rings is 1. The van der Waals surface area contributed by atoms with Crippen molar-refractivity contribution < 1.29 is 17.9 Å². The second kappa shape index (κ2) is 7.11. The van der Waals surface area contributed by atoms with E-state index in [9.17, 15) is 13.2 Å². The van der Waals surface area contributed by atoms with Crippen LogP contribution >= 0.6 is 22.7 Å². The molecule has 0 saturated carbocycles. The lowest BCUT2D eigenvalue weighted by atomic mass is 10.2. The molecule has 0 unspecified atom stereocenters. The number of thiazole rings is 1. The minimum absolute atomic E-state index is 0.0965. The molecule has 132 valence electrons. The molecule has 0 N–H and O–H groups in total. The van der Waals surface area contributed by atoms with Gasteiger partial charge < -0.3 is 9.30 Å². The summed E-state index contributed by atoms with van der Waals surface area (Å²) in [5.74, 6) is -0.464. The highest BCUT2D eigenvalue weighted by Gasteiger charge is 2.17. The number of ether oxygens (including phenoxy) is 1. The van der Waals surface area contributed by atoms with Gasteiger partial charge in [0.25, 0.3) is 10.0 Å². The molecule has 9 heteroatoms. The van der Waals surface area contributed by atoms with E-state index in [-0.39, 0.29) is 15.6 Å². The molecule has 0 aliphatic rings. The summed E-state index contributed by atoms with van der Waals surface area (Å²) in [6, 6.07) is 9.00. The predicted molar refractivity (Wildman–Crippen MR) is 98.3 cm³/mol. The number of rotatable bonds is 5. The summed E-state index contributed by atoms with van der Waals surface area (Å²) >= 11 is 2.35. The van der Waals surface area contributed by atoms with Crippen molar-refractivity contribution in [3.05, 3.63) is 46.1 Å². The Hall–Kier alpha value is -1.97. The van der Waals surface area contributed by atoms with Crippen LogP contribution in [0.5, 0.6) is 0 Å². The van der Waals surface area contributed by atoms with E-state index in [4.69, 9.17) is 4.74 Å². The molecule has 0 spiro atoms. The average molecular weight is 397 g/mol. The third-order valence-electron chi connectivity index (χ3n) is 3.62. The number of fused-ring (bicyclic) bond motifs is 1. The van der Waals surface area contributed by atoms with Crippen LogP contribution in [0.4, 0.5) is 0 Å². The summed E-state index contributed by atoms with van der Waals surface area (Å²) in [5, 5.41) is 1.68. The molecule has 0 bridgehead atoms. The molecular weight excluding hydrogens is 380 g/mol. The van der Waals surface area contributed by atoms with Crippen molar-refractivity contribution in [3.63, 3.8) is 0 Å². The normalized spacial score (nSPS) is 12.6. The van der Waals surface area contributed by atoms with E-state index < -0.39 is 16.0 Å². The van der Waals surface area contributed by atoms with Crippen LogP contribution in [0.15, 0.2) is 44.3 Å². The summed E-state index contributed by atoms with van der Waals surface area (Å²) in [7, 11) is -2.52. The maximum atomic E-state index is 12.5. The molecule has 25 heavy (non-hydrogen) atoms. The number of sulfonamides is 1. The van der Waals surface area contributed by atoms with Crippen molar-refractivity contribution >= 4 is 48.9 Å². The van der Waals surface area contributed by atoms with Gasteiger partial charge in [-0.05, 0) is 35.6 Å². The fourth-order valence-corrected chi connectivity index (χ4v) is 5.58. The highest BCUT2D eigenvalue weighted by molar-refractivity contribution is 7.92. The number of carbonyl (C=O) groups is 1. The highest BCUT2D eigenvalue weighted by atomic mass is 32.2. The van der Waals surface area contributed by atoms with Crippen LogP contribution < -0.4 is 4.80 Å². The zero-order valence-corrected chi connectivity index (χ0v) is 16.1. The lowest BCUT2D eigenvalue weighted by Crippen LogP contribution is -2.22. The molecule has 2 heterocycles. The zero-order valence-electron chi connectivity index (χ0n) is 13.6. The standard InChI is InChI=1S/C16H16N2O4S3/c1-3-11-6-7-12-13(9-11)24-16(18(12)10-14(19)22-2)17-25(20,21)15-5-4-8-23-15/h4-9H,3,10H2,1-2H3. The summed E-state index contributed by atoms with van der Waals surface area (Å²) in [6.07, 6.45) is 0.866. The minimum atomic E-state index is -3.82. The van der Waals surface area contributed by atoms with Gasteiger partial charge in [0.2, 0.25) is 4.80 Å². The van der Waals surface area contributed by atoms with Crippen molar-refractivity contribution in [2.24, 2.45) is 4.40 Å². The summed E-state index contributed by atoms with van der Waals surface area (Å²) in [5.41, 5.74) is 1.89. The first kappa shape index (κ1) is 17.8. The molecule has 2 aromatic heterocycles. The van der Waals surface area contributed by atoms with Crippen molar-refractivity contribution in [1.82, 2.24) is 4.57 Å². The van der Waals surface area contributed by atoms with Crippen molar-refractivity contribution in [3.8, 4) is 0 Å². The first-order valence-corrected chi connectivity index (χ1v) is 10.6. The van der Waals surface area contributed by atoms with Gasteiger partial charge in [-0.2, -0.15) is 8.42 Å². The van der Waals surface area contributed by atoms with Crippen LogP contribution in [-0.2, 0) is 32.5 Å². The van der Waals surface area contributed by atoms with Crippen molar-refractivity contribution in [1.29, 1.82) is 0 Å². The van der Waals surface area contributed by atoms with Gasteiger partial charge in [0, 0.05) is 0 Å². The molecule has 0 saturated heterocycles. The summed E-state index contributed by atoms with van der Waals surface area (Å²) in [6.45, 7) is 1.95. The Morgan fingerprint density at radius 2 is 2.12 bits per heavy atom. The van der Waals surface area contributed by atoms with Gasteiger partial charge >= 0.3 is 5.97 Å². The van der Waals surface area contributed by atoms with Crippen LogP contribution in [0.3, 0.4) is 0 Å². The van der Waals surface area contributed by atoms with Crippen LogP contribution in [-0.4, -0.2) is 26.1 Å². The number of esters is 1. The topological polar surface area (TPSA) is 77.7 Å². The molecule has 0 radical (unpaired) electrons. The average Bonchev–Trinajstić information content (AvgIpc) is 3.23. The molecule has 6 nitrogen and oxygen atoms in total. The number of methoxy groups -OCH3 is 1. The molecule has 0 fully saturated rings. The Bertz CT molecular complexity index is 1080. The number of aromatic nitrogens is 1. The maximum absolute atomic E-state index is 12.5. The highest BCUT2D eigenvalue weighted by Crippen LogP contribution is 2.22. The van der Waals surface area contributed by atoms with E-state index in [1.54, 1.807) is 16.0 Å². The molecule has 0 aliphatic carbocycles. The second-order valence-electron chi connectivity index (χ2n) is 5.20. The van der Waals surface area contributed by atoms with Crippen molar-refractivity contribution in [2.75, 3.05) is 7.11 Å². The van der Waals surface area contributed by atoms with Gasteiger partial charge in [-0.25, -0.2) is 0 Å². The van der Waals surface area contributed by atoms with E-state index in [0.717, 1.165) is 33.5 Å². The van der Waals surface area contributed by atoms with Crippen LogP contribution in [0, 0.1) is 0 Å². The van der Waals surface area contributed by atoms with Crippen LogP contribution in [0.25, 0.3) is 10.2 Å². The van der Waals surface area contributed by atoms with Gasteiger partial charge in [-0.15, -0.1) is 15.7 Å². The number of benzene rings is 1. The van der Waals surface area contributed by atoms with Gasteiger partial charge in [0.05, 0.1) is 17.3 Å². The summed E-state index contributed by atoms with van der Waals surface area (Å²) < 4.78 is 36.3. The van der Waals surface area contributed by atoms with E-state index in [2.05, 4.69) is 4.40 Å². The predicted octanol–water partition coefficient (Wildman–Crippen LogP) is 2.79. The lowest BCUT2D eigenvalue weighted by molar-refractivity contribution is -0.141. The molecular formula is C16H16N2O4S3. The second-order valence-corrected chi connectivity index (χ2v) is 8.99. The molecule has 0 aliphatic heterocycles. The van der Waals surface area contributed by atoms with E-state index >= 15 is 0 Å². The smallest absolute Gasteiger partial charge is 0.325 e. The number of hydrogen-bond donors (Lipinski definition) is 0. The number of hydrogen-bond acceptors (Lipinski definition) is 6. The third-order valence-corrected chi connectivity index (χ3v) is 7.41. The minimum Gasteiger partial charge on any atom is -0.468 e. The number of carbonyl (C=O) groups excluding carboxylic acids is 1. The fraction of sp³-hybridized carbons (Fsp3) is 0.250. The first-order valence-electron chi connectivity index (χ1n) is 7.48. The monoisotopic (exact) mass is 396 g/mol. The molecule has 1 aromatic carbocycles. The Morgan fingerprint density at radius 3 is 2.76 bits per heavy atom. The summed E-state index contributed by atoms with van der Waals surface area (Å²) in [4.78, 5) is 12.0. The van der Waals surface area contributed by atoms with E-state index in [1.165, 1.54) is 24.5 Å². The third kappa shape index (κ3) is 3.68. The molecule has 0 atom stereocenters. The molecule has 0 amide bonds. The Balaban J connectivity index is 2.24. The SMILES string of the molecule is CCc1ccc2c(c1)sc(=NS(=O)(=O)c1cccs1)n2CC(=O)OC. The number of aryl methyl sites for hydroxylation is 1. The quantitative estimate of drug-likeness (QED) is 0.621. The Kier molecular flexibility index (Phi) is 5.07. The van der Waals surface area contributed by atoms with Crippen LogP contribution in [0.2, 0.25) is 0 Å². The fourth-order valence-electron chi connectivity index (χ4n) is 2.31. The Morgan fingerprint density at radius 1 is 1.32 bits per heavy atom. The zero-order chi connectivity index (χ0) is 18.0. The molecule has 3 rings (SSSR count). The lowest BCUT2D eigenvalue weighted by Gasteiger charge is -2.04. The maximum Gasteiger partial charge on any atom is 0.325 e.